The maximum absolute atomic E-state index is 8.76. The van der Waals surface area contributed by atoms with Gasteiger partial charge in [0.25, 0.3) is 0 Å². The van der Waals surface area contributed by atoms with Gasteiger partial charge >= 0.3 is 0 Å². The minimum atomic E-state index is 0.122. The quantitative estimate of drug-likeness (QED) is 0.746. The molecule has 0 amide bonds. The SMILES string of the molecule is CC(C)n1ccc2ccc(C=C(C#N)C#N)cc21. The summed E-state index contributed by atoms with van der Waals surface area (Å²) in [4.78, 5) is 0. The molecule has 0 aliphatic heterocycles. The fourth-order valence-electron chi connectivity index (χ4n) is 1.96. The van der Waals surface area contributed by atoms with Crippen molar-refractivity contribution in [2.24, 2.45) is 0 Å². The second-order valence-electron chi connectivity index (χ2n) is 4.42. The molecule has 1 aromatic heterocycles. The van der Waals surface area contributed by atoms with Gasteiger partial charge in [0.05, 0.1) is 0 Å². The first-order valence-electron chi connectivity index (χ1n) is 5.78. The van der Waals surface area contributed by atoms with E-state index in [1.807, 2.05) is 30.3 Å². The number of rotatable bonds is 2. The van der Waals surface area contributed by atoms with Crippen LogP contribution in [0.3, 0.4) is 0 Å². The lowest BCUT2D eigenvalue weighted by Crippen LogP contribution is -1.97. The highest BCUT2D eigenvalue weighted by molar-refractivity contribution is 5.83. The molecule has 0 fully saturated rings. The van der Waals surface area contributed by atoms with Gasteiger partial charge in [-0.1, -0.05) is 12.1 Å². The van der Waals surface area contributed by atoms with Crippen LogP contribution in [0, 0.1) is 22.7 Å². The van der Waals surface area contributed by atoms with E-state index in [-0.39, 0.29) is 5.57 Å². The molecule has 0 bridgehead atoms. The summed E-state index contributed by atoms with van der Waals surface area (Å²) in [7, 11) is 0. The number of fused-ring (bicyclic) bond motifs is 1. The summed E-state index contributed by atoms with van der Waals surface area (Å²) < 4.78 is 2.17. The first kappa shape index (κ1) is 12.0. The number of nitriles is 2. The fourth-order valence-corrected chi connectivity index (χ4v) is 1.96. The summed E-state index contributed by atoms with van der Waals surface area (Å²) in [5.74, 6) is 0. The van der Waals surface area contributed by atoms with E-state index in [0.29, 0.717) is 6.04 Å². The first-order valence-corrected chi connectivity index (χ1v) is 5.78. The van der Waals surface area contributed by atoms with E-state index >= 15 is 0 Å². The smallest absolute Gasteiger partial charge is 0.130 e. The van der Waals surface area contributed by atoms with Crippen molar-refractivity contribution in [1.29, 1.82) is 10.5 Å². The van der Waals surface area contributed by atoms with E-state index in [4.69, 9.17) is 10.5 Å². The molecule has 0 atom stereocenters. The van der Waals surface area contributed by atoms with Gasteiger partial charge in [0.2, 0.25) is 0 Å². The van der Waals surface area contributed by atoms with E-state index in [2.05, 4.69) is 30.7 Å². The summed E-state index contributed by atoms with van der Waals surface area (Å²) in [6.07, 6.45) is 3.66. The lowest BCUT2D eigenvalue weighted by molar-refractivity contribution is 0.623. The van der Waals surface area contributed by atoms with Crippen molar-refractivity contribution in [3.63, 3.8) is 0 Å². The Morgan fingerprint density at radius 2 is 1.94 bits per heavy atom. The standard InChI is InChI=1S/C15H13N3/c1-11(2)18-6-5-14-4-3-12(8-15(14)18)7-13(9-16)10-17/h3-8,11H,1-2H3. The lowest BCUT2D eigenvalue weighted by atomic mass is 10.1. The Morgan fingerprint density at radius 1 is 1.22 bits per heavy atom. The molecule has 0 spiro atoms. The average Bonchev–Trinajstić information content (AvgIpc) is 2.79. The third kappa shape index (κ3) is 2.12. The van der Waals surface area contributed by atoms with Crippen LogP contribution in [-0.4, -0.2) is 4.57 Å². The molecule has 2 rings (SSSR count). The minimum Gasteiger partial charge on any atom is -0.345 e. The molecule has 18 heavy (non-hydrogen) atoms. The van der Waals surface area contributed by atoms with Crippen molar-refractivity contribution < 1.29 is 0 Å². The molecule has 0 saturated heterocycles. The van der Waals surface area contributed by atoms with Crippen LogP contribution in [0.25, 0.3) is 17.0 Å². The Bertz CT molecular complexity index is 675. The first-order chi connectivity index (χ1) is 8.65. The Hall–Kier alpha value is -2.52. The average molecular weight is 235 g/mol. The molecule has 0 radical (unpaired) electrons. The molecule has 3 heteroatoms. The molecular formula is C15H13N3. The fraction of sp³-hybridized carbons (Fsp3) is 0.200. The van der Waals surface area contributed by atoms with Crippen molar-refractivity contribution in [2.75, 3.05) is 0 Å². The predicted octanol–water partition coefficient (Wildman–Crippen LogP) is 3.65. The summed E-state index contributed by atoms with van der Waals surface area (Å²) in [6, 6.07) is 12.1. The molecule has 1 heterocycles. The number of hydrogen-bond donors (Lipinski definition) is 0. The van der Waals surface area contributed by atoms with Crippen LogP contribution in [0.5, 0.6) is 0 Å². The molecule has 0 aliphatic rings. The molecular weight excluding hydrogens is 222 g/mol. The number of allylic oxidation sites excluding steroid dienone is 1. The molecule has 0 unspecified atom stereocenters. The molecule has 0 aliphatic carbocycles. The molecule has 3 nitrogen and oxygen atoms in total. The molecule has 0 N–H and O–H groups in total. The van der Waals surface area contributed by atoms with Crippen molar-refractivity contribution in [1.82, 2.24) is 4.57 Å². The van der Waals surface area contributed by atoms with E-state index in [9.17, 15) is 0 Å². The second kappa shape index (κ2) is 4.77. The summed E-state index contributed by atoms with van der Waals surface area (Å²) >= 11 is 0. The van der Waals surface area contributed by atoms with Crippen LogP contribution in [0.1, 0.15) is 25.5 Å². The van der Waals surface area contributed by atoms with Crippen molar-refractivity contribution in [3.05, 3.63) is 41.6 Å². The zero-order valence-corrected chi connectivity index (χ0v) is 10.4. The maximum atomic E-state index is 8.76. The number of nitrogens with zero attached hydrogens (tertiary/aromatic N) is 3. The normalized spacial score (nSPS) is 10.1. The Balaban J connectivity index is 2.57. The molecule has 2 aromatic rings. The Morgan fingerprint density at radius 3 is 2.56 bits per heavy atom. The zero-order chi connectivity index (χ0) is 13.1. The highest BCUT2D eigenvalue weighted by Gasteiger charge is 2.04. The largest absolute Gasteiger partial charge is 0.345 e. The highest BCUT2D eigenvalue weighted by atomic mass is 15.0. The minimum absolute atomic E-state index is 0.122. The topological polar surface area (TPSA) is 52.5 Å². The number of benzene rings is 1. The van der Waals surface area contributed by atoms with E-state index in [1.165, 1.54) is 0 Å². The van der Waals surface area contributed by atoms with Gasteiger partial charge in [-0.2, -0.15) is 10.5 Å². The van der Waals surface area contributed by atoms with Crippen molar-refractivity contribution in [3.8, 4) is 12.1 Å². The maximum Gasteiger partial charge on any atom is 0.130 e. The van der Waals surface area contributed by atoms with E-state index < -0.39 is 0 Å². The van der Waals surface area contributed by atoms with Crippen LogP contribution in [0.2, 0.25) is 0 Å². The monoisotopic (exact) mass is 235 g/mol. The van der Waals surface area contributed by atoms with Gasteiger partial charge in [0.1, 0.15) is 17.7 Å². The van der Waals surface area contributed by atoms with Crippen LogP contribution in [0.15, 0.2) is 36.0 Å². The molecule has 0 saturated carbocycles. The summed E-state index contributed by atoms with van der Waals surface area (Å²) in [5, 5.41) is 18.7. The number of aromatic nitrogens is 1. The summed E-state index contributed by atoms with van der Waals surface area (Å²) in [5.41, 5.74) is 2.12. The Labute approximate surface area is 106 Å². The van der Waals surface area contributed by atoms with Gasteiger partial charge in [0, 0.05) is 17.8 Å². The lowest BCUT2D eigenvalue weighted by Gasteiger charge is -2.09. The predicted molar refractivity (Wildman–Crippen MR) is 71.5 cm³/mol. The van der Waals surface area contributed by atoms with Crippen LogP contribution >= 0.6 is 0 Å². The zero-order valence-electron chi connectivity index (χ0n) is 10.4. The van der Waals surface area contributed by atoms with Gasteiger partial charge in [-0.3, -0.25) is 0 Å². The number of hydrogen-bond acceptors (Lipinski definition) is 2. The third-order valence-corrected chi connectivity index (χ3v) is 2.86. The van der Waals surface area contributed by atoms with Crippen LogP contribution in [0.4, 0.5) is 0 Å². The van der Waals surface area contributed by atoms with Gasteiger partial charge < -0.3 is 4.57 Å². The highest BCUT2D eigenvalue weighted by Crippen LogP contribution is 2.22. The van der Waals surface area contributed by atoms with Crippen molar-refractivity contribution in [2.45, 2.75) is 19.9 Å². The van der Waals surface area contributed by atoms with Crippen LogP contribution < -0.4 is 0 Å². The van der Waals surface area contributed by atoms with Crippen molar-refractivity contribution >= 4 is 17.0 Å². The Kier molecular flexibility index (Phi) is 3.17. The van der Waals surface area contributed by atoms with E-state index in [0.717, 1.165) is 16.5 Å². The third-order valence-electron chi connectivity index (χ3n) is 2.86. The second-order valence-corrected chi connectivity index (χ2v) is 4.42. The van der Waals surface area contributed by atoms with Gasteiger partial charge in [0.15, 0.2) is 0 Å². The molecule has 1 aromatic carbocycles. The van der Waals surface area contributed by atoms with E-state index in [1.54, 1.807) is 6.08 Å². The van der Waals surface area contributed by atoms with Gasteiger partial charge in [-0.05, 0) is 43.0 Å². The summed E-state index contributed by atoms with van der Waals surface area (Å²) in [6.45, 7) is 4.25. The van der Waals surface area contributed by atoms with Gasteiger partial charge in [-0.25, -0.2) is 0 Å². The molecule has 88 valence electrons. The van der Waals surface area contributed by atoms with Gasteiger partial charge in [-0.15, -0.1) is 0 Å². The van der Waals surface area contributed by atoms with Crippen LogP contribution in [-0.2, 0) is 0 Å².